The fourth-order valence-corrected chi connectivity index (χ4v) is 4.08. The summed E-state index contributed by atoms with van der Waals surface area (Å²) < 4.78 is 5.56. The summed E-state index contributed by atoms with van der Waals surface area (Å²) in [4.78, 5) is 11.9. The molecule has 2 aliphatic heterocycles. The molecule has 0 saturated carbocycles. The van der Waals surface area contributed by atoms with E-state index in [9.17, 15) is 0 Å². The summed E-state index contributed by atoms with van der Waals surface area (Å²) in [7, 11) is 1.89. The summed E-state index contributed by atoms with van der Waals surface area (Å²) in [5.41, 5.74) is 2.64. The van der Waals surface area contributed by atoms with Gasteiger partial charge in [0.25, 0.3) is 0 Å². The molecule has 0 aromatic heterocycles. The number of morpholine rings is 1. The molecule has 2 unspecified atom stereocenters. The zero-order valence-electron chi connectivity index (χ0n) is 17.3. The van der Waals surface area contributed by atoms with E-state index in [2.05, 4.69) is 70.0 Å². The number of hydrogen-bond acceptors (Lipinski definition) is 4. The Balaban J connectivity index is 1.49. The summed E-state index contributed by atoms with van der Waals surface area (Å²) in [6, 6.07) is 9.73. The van der Waals surface area contributed by atoms with Gasteiger partial charge in [-0.25, -0.2) is 0 Å². The van der Waals surface area contributed by atoms with Crippen LogP contribution < -0.4 is 10.2 Å². The summed E-state index contributed by atoms with van der Waals surface area (Å²) in [6.45, 7) is 14.3. The number of nitrogens with zero attached hydrogens (tertiary/aromatic N) is 4. The first kappa shape index (κ1) is 20.0. The lowest BCUT2D eigenvalue weighted by molar-refractivity contribution is -0.0175. The zero-order chi connectivity index (χ0) is 19.2. The van der Waals surface area contributed by atoms with Crippen LogP contribution >= 0.6 is 0 Å². The molecule has 2 aliphatic rings. The molecule has 0 aliphatic carbocycles. The number of nitrogens with one attached hydrogen (secondary N) is 1. The molecule has 2 atom stereocenters. The Hall–Kier alpha value is -1.79. The van der Waals surface area contributed by atoms with Crippen molar-refractivity contribution in [3.63, 3.8) is 0 Å². The number of aliphatic imine (C=N–C) groups is 1. The Labute approximate surface area is 164 Å². The number of piperazine rings is 1. The number of aryl methyl sites for hydroxylation is 1. The number of hydrogen-bond donors (Lipinski definition) is 1. The lowest BCUT2D eigenvalue weighted by Gasteiger charge is -2.40. The first-order valence-corrected chi connectivity index (χ1v) is 10.2. The van der Waals surface area contributed by atoms with Gasteiger partial charge in [0.15, 0.2) is 5.96 Å². The van der Waals surface area contributed by atoms with Crippen LogP contribution in [0.15, 0.2) is 29.3 Å². The quantitative estimate of drug-likeness (QED) is 0.644. The molecule has 3 rings (SSSR count). The van der Waals surface area contributed by atoms with Gasteiger partial charge in [-0.05, 0) is 38.5 Å². The number of guanidine groups is 1. The third-order valence-corrected chi connectivity index (χ3v) is 5.70. The maximum absolute atomic E-state index is 5.56. The van der Waals surface area contributed by atoms with Gasteiger partial charge in [0, 0.05) is 64.1 Å². The average Bonchev–Trinajstić information content (AvgIpc) is 2.69. The van der Waals surface area contributed by atoms with E-state index >= 15 is 0 Å². The van der Waals surface area contributed by atoms with Crippen LogP contribution in [0.25, 0.3) is 0 Å². The standard InChI is InChI=1S/C21H35N5O/c1-17-6-5-7-20(14-17)24-8-10-25(11-9-24)21(22-4)23-15-18(2)26-12-13-27-16-19(26)3/h5-7,14,18-19H,8-13,15-16H2,1-4H3,(H,22,23). The van der Waals surface area contributed by atoms with Crippen molar-refractivity contribution in [3.05, 3.63) is 29.8 Å². The molecule has 1 aromatic rings. The molecule has 1 aromatic carbocycles. The maximum atomic E-state index is 5.56. The monoisotopic (exact) mass is 373 g/mol. The zero-order valence-corrected chi connectivity index (χ0v) is 17.3. The molecular weight excluding hydrogens is 338 g/mol. The number of rotatable bonds is 4. The highest BCUT2D eigenvalue weighted by Crippen LogP contribution is 2.18. The second-order valence-corrected chi connectivity index (χ2v) is 7.75. The van der Waals surface area contributed by atoms with Crippen molar-refractivity contribution in [2.45, 2.75) is 32.9 Å². The second-order valence-electron chi connectivity index (χ2n) is 7.75. The van der Waals surface area contributed by atoms with Gasteiger partial charge in [-0.2, -0.15) is 0 Å². The van der Waals surface area contributed by atoms with Gasteiger partial charge in [-0.3, -0.25) is 9.89 Å². The molecule has 2 saturated heterocycles. The Kier molecular flexibility index (Phi) is 6.96. The van der Waals surface area contributed by atoms with Crippen LogP contribution in [0.2, 0.25) is 0 Å². The van der Waals surface area contributed by atoms with Crippen LogP contribution in [0.3, 0.4) is 0 Å². The van der Waals surface area contributed by atoms with Crippen molar-refractivity contribution in [1.82, 2.24) is 15.1 Å². The molecule has 27 heavy (non-hydrogen) atoms. The van der Waals surface area contributed by atoms with E-state index in [1.807, 2.05) is 7.05 Å². The van der Waals surface area contributed by atoms with E-state index in [-0.39, 0.29) is 0 Å². The lowest BCUT2D eigenvalue weighted by atomic mass is 10.2. The minimum atomic E-state index is 0.467. The van der Waals surface area contributed by atoms with Crippen molar-refractivity contribution in [1.29, 1.82) is 0 Å². The summed E-state index contributed by atoms with van der Waals surface area (Å²) >= 11 is 0. The molecule has 0 spiro atoms. The molecule has 1 N–H and O–H groups in total. The Morgan fingerprint density at radius 2 is 2.04 bits per heavy atom. The smallest absolute Gasteiger partial charge is 0.193 e. The molecule has 6 nitrogen and oxygen atoms in total. The highest BCUT2D eigenvalue weighted by Gasteiger charge is 2.25. The van der Waals surface area contributed by atoms with Gasteiger partial charge in [-0.1, -0.05) is 12.1 Å². The fraction of sp³-hybridized carbons (Fsp3) is 0.667. The largest absolute Gasteiger partial charge is 0.379 e. The summed E-state index contributed by atoms with van der Waals surface area (Å²) in [5, 5.41) is 3.60. The van der Waals surface area contributed by atoms with Crippen LogP contribution in [-0.2, 0) is 4.74 Å². The van der Waals surface area contributed by atoms with Crippen molar-refractivity contribution in [3.8, 4) is 0 Å². The predicted molar refractivity (Wildman–Crippen MR) is 113 cm³/mol. The van der Waals surface area contributed by atoms with Gasteiger partial charge in [0.05, 0.1) is 13.2 Å². The van der Waals surface area contributed by atoms with Crippen molar-refractivity contribution in [2.75, 3.05) is 64.4 Å². The average molecular weight is 374 g/mol. The Bertz CT molecular complexity index is 627. The van der Waals surface area contributed by atoms with Gasteiger partial charge < -0.3 is 19.9 Å². The first-order chi connectivity index (χ1) is 13.1. The molecule has 2 fully saturated rings. The SMILES string of the molecule is CN=C(NCC(C)N1CCOCC1C)N1CCN(c2cccc(C)c2)CC1. The number of anilines is 1. The number of benzene rings is 1. The normalized spacial score (nSPS) is 23.4. The van der Waals surface area contributed by atoms with E-state index in [1.165, 1.54) is 11.3 Å². The van der Waals surface area contributed by atoms with E-state index < -0.39 is 0 Å². The van der Waals surface area contributed by atoms with Gasteiger partial charge >= 0.3 is 0 Å². The molecule has 6 heteroatoms. The van der Waals surface area contributed by atoms with Crippen LogP contribution in [0.4, 0.5) is 5.69 Å². The second kappa shape index (κ2) is 9.42. The van der Waals surface area contributed by atoms with E-state index in [0.29, 0.717) is 12.1 Å². The third-order valence-electron chi connectivity index (χ3n) is 5.70. The van der Waals surface area contributed by atoms with E-state index in [4.69, 9.17) is 4.74 Å². The Morgan fingerprint density at radius 3 is 2.70 bits per heavy atom. The minimum Gasteiger partial charge on any atom is -0.379 e. The van der Waals surface area contributed by atoms with Crippen LogP contribution in [0, 0.1) is 6.92 Å². The van der Waals surface area contributed by atoms with Crippen LogP contribution in [0.5, 0.6) is 0 Å². The highest BCUT2D eigenvalue weighted by molar-refractivity contribution is 5.80. The van der Waals surface area contributed by atoms with Gasteiger partial charge in [-0.15, -0.1) is 0 Å². The van der Waals surface area contributed by atoms with Crippen LogP contribution in [0.1, 0.15) is 19.4 Å². The topological polar surface area (TPSA) is 43.3 Å². The third kappa shape index (κ3) is 5.14. The van der Waals surface area contributed by atoms with Gasteiger partial charge in [0.2, 0.25) is 0 Å². The molecule has 150 valence electrons. The Morgan fingerprint density at radius 1 is 1.26 bits per heavy atom. The van der Waals surface area contributed by atoms with Crippen molar-refractivity contribution < 1.29 is 4.74 Å². The van der Waals surface area contributed by atoms with Crippen molar-refractivity contribution in [2.24, 2.45) is 4.99 Å². The summed E-state index contributed by atoms with van der Waals surface area (Å²) in [5.74, 6) is 1.02. The highest BCUT2D eigenvalue weighted by atomic mass is 16.5. The van der Waals surface area contributed by atoms with E-state index in [0.717, 1.165) is 58.4 Å². The van der Waals surface area contributed by atoms with Gasteiger partial charge in [0.1, 0.15) is 0 Å². The number of ether oxygens (including phenoxy) is 1. The van der Waals surface area contributed by atoms with E-state index in [1.54, 1.807) is 0 Å². The fourth-order valence-electron chi connectivity index (χ4n) is 4.08. The first-order valence-electron chi connectivity index (χ1n) is 10.2. The predicted octanol–water partition coefficient (Wildman–Crippen LogP) is 1.80. The minimum absolute atomic E-state index is 0.467. The molecule has 0 radical (unpaired) electrons. The maximum Gasteiger partial charge on any atom is 0.193 e. The summed E-state index contributed by atoms with van der Waals surface area (Å²) in [6.07, 6.45) is 0. The molecule has 2 heterocycles. The lowest BCUT2D eigenvalue weighted by Crippen LogP contribution is -2.56. The molecule has 0 bridgehead atoms. The molecule has 0 amide bonds. The molecular formula is C21H35N5O. The van der Waals surface area contributed by atoms with Crippen LogP contribution in [-0.4, -0.2) is 87.4 Å². The van der Waals surface area contributed by atoms with Crippen molar-refractivity contribution >= 4 is 11.6 Å².